The van der Waals surface area contributed by atoms with E-state index in [1.54, 1.807) is 19.0 Å². The van der Waals surface area contributed by atoms with Gasteiger partial charge in [0.2, 0.25) is 5.91 Å². The van der Waals surface area contributed by atoms with Crippen molar-refractivity contribution in [2.75, 3.05) is 27.2 Å². The first-order chi connectivity index (χ1) is 12.4. The number of hydrogen-bond donors (Lipinski definition) is 0. The average Bonchev–Trinajstić information content (AvgIpc) is 2.95. The van der Waals surface area contributed by atoms with Gasteiger partial charge in [0, 0.05) is 50.2 Å². The van der Waals surface area contributed by atoms with Crippen LogP contribution in [-0.2, 0) is 4.79 Å². The quantitative estimate of drug-likeness (QED) is 0.851. The van der Waals surface area contributed by atoms with Gasteiger partial charge in [-0.25, -0.2) is 0 Å². The Morgan fingerprint density at radius 3 is 2.23 bits per heavy atom. The lowest BCUT2D eigenvalue weighted by Gasteiger charge is -2.32. The summed E-state index contributed by atoms with van der Waals surface area (Å²) < 4.78 is 2.12. The molecule has 1 saturated heterocycles. The van der Waals surface area contributed by atoms with Crippen LogP contribution in [0.1, 0.15) is 34.6 Å². The lowest BCUT2D eigenvalue weighted by atomic mass is 9.95. The molecule has 1 aromatic heterocycles. The van der Waals surface area contributed by atoms with Gasteiger partial charge in [0.05, 0.1) is 5.56 Å². The second-order valence-electron chi connectivity index (χ2n) is 7.25. The van der Waals surface area contributed by atoms with E-state index in [2.05, 4.69) is 4.57 Å². The molecule has 2 amide bonds. The predicted molar refractivity (Wildman–Crippen MR) is 103 cm³/mol. The summed E-state index contributed by atoms with van der Waals surface area (Å²) in [6, 6.07) is 12.1. The summed E-state index contributed by atoms with van der Waals surface area (Å²) in [7, 11) is 3.58. The van der Waals surface area contributed by atoms with Crippen LogP contribution in [0.25, 0.3) is 5.69 Å². The summed E-state index contributed by atoms with van der Waals surface area (Å²) in [5.74, 6) is 0.265. The monoisotopic (exact) mass is 353 g/mol. The molecule has 0 bridgehead atoms. The number of para-hydroxylation sites is 1. The number of nitrogens with zero attached hydrogens (tertiary/aromatic N) is 3. The molecule has 0 atom stereocenters. The summed E-state index contributed by atoms with van der Waals surface area (Å²) in [4.78, 5) is 28.7. The molecule has 0 spiro atoms. The minimum atomic E-state index is 0.0331. The zero-order valence-corrected chi connectivity index (χ0v) is 16.0. The molecule has 0 aliphatic carbocycles. The zero-order valence-electron chi connectivity index (χ0n) is 16.0. The van der Waals surface area contributed by atoms with E-state index in [-0.39, 0.29) is 17.7 Å². The number of benzene rings is 1. The van der Waals surface area contributed by atoms with Crippen LogP contribution in [0.3, 0.4) is 0 Å². The van der Waals surface area contributed by atoms with Crippen molar-refractivity contribution in [2.24, 2.45) is 5.92 Å². The van der Waals surface area contributed by atoms with E-state index in [4.69, 9.17) is 0 Å². The van der Waals surface area contributed by atoms with Crippen LogP contribution in [-0.4, -0.2) is 53.4 Å². The molecule has 1 aliphatic rings. The summed E-state index contributed by atoms with van der Waals surface area (Å²) in [5, 5.41) is 0. The molecular weight excluding hydrogens is 326 g/mol. The van der Waals surface area contributed by atoms with E-state index in [1.807, 2.05) is 55.1 Å². The summed E-state index contributed by atoms with van der Waals surface area (Å²) in [6.45, 7) is 5.30. The second kappa shape index (κ2) is 7.36. The van der Waals surface area contributed by atoms with Crippen LogP contribution in [0.2, 0.25) is 0 Å². The maximum atomic E-state index is 13.0. The smallest absolute Gasteiger partial charge is 0.255 e. The van der Waals surface area contributed by atoms with E-state index in [9.17, 15) is 9.59 Å². The van der Waals surface area contributed by atoms with Crippen LogP contribution in [0.5, 0.6) is 0 Å². The van der Waals surface area contributed by atoms with Gasteiger partial charge in [0.25, 0.3) is 5.91 Å². The molecule has 138 valence electrons. The highest BCUT2D eigenvalue weighted by Crippen LogP contribution is 2.25. The molecular formula is C21H27N3O2. The van der Waals surface area contributed by atoms with Crippen molar-refractivity contribution in [2.45, 2.75) is 26.7 Å². The first kappa shape index (κ1) is 18.2. The Morgan fingerprint density at radius 1 is 1.04 bits per heavy atom. The van der Waals surface area contributed by atoms with Gasteiger partial charge in [-0.1, -0.05) is 18.2 Å². The highest BCUT2D eigenvalue weighted by Gasteiger charge is 2.30. The standard InChI is InChI=1S/C21H27N3O2/c1-15-14-19(16(2)24(15)18-8-6-5-7-9-18)21(26)23-12-10-17(11-13-23)20(25)22(3)4/h5-9,14,17H,10-13H2,1-4H3. The molecule has 1 aliphatic heterocycles. The Labute approximate surface area is 155 Å². The highest BCUT2D eigenvalue weighted by molar-refractivity contribution is 5.96. The van der Waals surface area contributed by atoms with Crippen LogP contribution < -0.4 is 0 Å². The molecule has 0 unspecified atom stereocenters. The van der Waals surface area contributed by atoms with Gasteiger partial charge in [-0.15, -0.1) is 0 Å². The fourth-order valence-corrected chi connectivity index (χ4v) is 3.82. The topological polar surface area (TPSA) is 45.6 Å². The lowest BCUT2D eigenvalue weighted by molar-refractivity contribution is -0.134. The zero-order chi connectivity index (χ0) is 18.8. The highest BCUT2D eigenvalue weighted by atomic mass is 16.2. The maximum Gasteiger partial charge on any atom is 0.255 e. The van der Waals surface area contributed by atoms with Gasteiger partial charge in [-0.3, -0.25) is 9.59 Å². The Bertz CT molecular complexity index is 800. The largest absolute Gasteiger partial charge is 0.349 e. The lowest BCUT2D eigenvalue weighted by Crippen LogP contribution is -2.42. The number of carbonyl (C=O) groups excluding carboxylic acids is 2. The fourth-order valence-electron chi connectivity index (χ4n) is 3.82. The molecule has 2 aromatic rings. The van der Waals surface area contributed by atoms with Crippen LogP contribution in [0, 0.1) is 19.8 Å². The van der Waals surface area contributed by atoms with E-state index in [0.29, 0.717) is 13.1 Å². The van der Waals surface area contributed by atoms with Crippen LogP contribution in [0.4, 0.5) is 0 Å². The number of carbonyl (C=O) groups is 2. The molecule has 26 heavy (non-hydrogen) atoms. The summed E-state index contributed by atoms with van der Waals surface area (Å²) in [5.41, 5.74) is 3.83. The number of aromatic nitrogens is 1. The summed E-state index contributed by atoms with van der Waals surface area (Å²) >= 11 is 0. The molecule has 5 nitrogen and oxygen atoms in total. The molecule has 0 N–H and O–H groups in total. The Balaban J connectivity index is 1.77. The average molecular weight is 353 g/mol. The van der Waals surface area contributed by atoms with E-state index in [1.165, 1.54) is 0 Å². The van der Waals surface area contributed by atoms with Gasteiger partial charge in [-0.05, 0) is 44.9 Å². The van der Waals surface area contributed by atoms with Gasteiger partial charge < -0.3 is 14.4 Å². The molecule has 3 rings (SSSR count). The van der Waals surface area contributed by atoms with Crippen LogP contribution in [0.15, 0.2) is 36.4 Å². The molecule has 1 aromatic carbocycles. The molecule has 0 saturated carbocycles. The Kier molecular flexibility index (Phi) is 5.16. The first-order valence-corrected chi connectivity index (χ1v) is 9.15. The van der Waals surface area contributed by atoms with Crippen molar-refractivity contribution in [1.29, 1.82) is 0 Å². The molecule has 2 heterocycles. The third-order valence-electron chi connectivity index (χ3n) is 5.25. The fraction of sp³-hybridized carbons (Fsp3) is 0.429. The normalized spacial score (nSPS) is 15.2. The van der Waals surface area contributed by atoms with E-state index < -0.39 is 0 Å². The van der Waals surface area contributed by atoms with Gasteiger partial charge in [-0.2, -0.15) is 0 Å². The number of aryl methyl sites for hydroxylation is 1. The molecule has 0 radical (unpaired) electrons. The first-order valence-electron chi connectivity index (χ1n) is 9.15. The Hall–Kier alpha value is -2.56. The number of amides is 2. The van der Waals surface area contributed by atoms with Crippen molar-refractivity contribution in [1.82, 2.24) is 14.4 Å². The Morgan fingerprint density at radius 2 is 1.65 bits per heavy atom. The molecule has 1 fully saturated rings. The van der Waals surface area contributed by atoms with Gasteiger partial charge >= 0.3 is 0 Å². The van der Waals surface area contributed by atoms with E-state index in [0.717, 1.165) is 35.5 Å². The molecule has 5 heteroatoms. The number of rotatable bonds is 3. The number of piperidine rings is 1. The van der Waals surface area contributed by atoms with Crippen LogP contribution >= 0.6 is 0 Å². The number of hydrogen-bond acceptors (Lipinski definition) is 2. The van der Waals surface area contributed by atoms with Gasteiger partial charge in [0.1, 0.15) is 0 Å². The third kappa shape index (κ3) is 3.39. The minimum Gasteiger partial charge on any atom is -0.349 e. The van der Waals surface area contributed by atoms with Crippen molar-refractivity contribution >= 4 is 11.8 Å². The minimum absolute atomic E-state index is 0.0331. The second-order valence-corrected chi connectivity index (χ2v) is 7.25. The maximum absolute atomic E-state index is 13.0. The van der Waals surface area contributed by atoms with E-state index >= 15 is 0 Å². The van der Waals surface area contributed by atoms with Crippen molar-refractivity contribution in [3.8, 4) is 5.69 Å². The van der Waals surface area contributed by atoms with Gasteiger partial charge in [0.15, 0.2) is 0 Å². The predicted octanol–water partition coefficient (Wildman–Crippen LogP) is 3.03. The van der Waals surface area contributed by atoms with Crippen molar-refractivity contribution < 1.29 is 9.59 Å². The number of likely N-dealkylation sites (tertiary alicyclic amines) is 1. The third-order valence-corrected chi connectivity index (χ3v) is 5.25. The van der Waals surface area contributed by atoms with Crippen molar-refractivity contribution in [3.63, 3.8) is 0 Å². The summed E-state index contributed by atoms with van der Waals surface area (Å²) in [6.07, 6.45) is 1.47. The SMILES string of the molecule is Cc1cc(C(=O)N2CCC(C(=O)N(C)C)CC2)c(C)n1-c1ccccc1. The van der Waals surface area contributed by atoms with Crippen molar-refractivity contribution in [3.05, 3.63) is 53.3 Å².